The molecule has 0 aromatic carbocycles. The van der Waals surface area contributed by atoms with Gasteiger partial charge in [-0.15, -0.1) is 0 Å². The van der Waals surface area contributed by atoms with Gasteiger partial charge in [0.05, 0.1) is 17.6 Å². The van der Waals surface area contributed by atoms with Crippen molar-refractivity contribution in [3.8, 4) is 11.3 Å². The molecular weight excluding hydrogens is 494 g/mol. The normalized spacial score (nSPS) is 17.4. The second kappa shape index (κ2) is 11.3. The van der Waals surface area contributed by atoms with Gasteiger partial charge in [-0.3, -0.25) is 19.4 Å². The number of nitrogens with zero attached hydrogens (tertiary/aromatic N) is 6. The summed E-state index contributed by atoms with van der Waals surface area (Å²) in [5, 5.41) is 9.38. The smallest absolute Gasteiger partial charge is 0.410 e. The van der Waals surface area contributed by atoms with Crippen LogP contribution in [0.25, 0.3) is 22.0 Å². The summed E-state index contributed by atoms with van der Waals surface area (Å²) in [6, 6.07) is 3.94. The minimum absolute atomic E-state index is 0.0731. The molecule has 0 saturated carbocycles. The second-order valence-corrected chi connectivity index (χ2v) is 11.7. The number of hydrogen-bond acceptors (Lipinski definition) is 7. The van der Waals surface area contributed by atoms with Gasteiger partial charge in [-0.2, -0.15) is 5.10 Å². The van der Waals surface area contributed by atoms with Gasteiger partial charge in [0.2, 0.25) is 5.91 Å². The lowest BCUT2D eigenvalue weighted by atomic mass is 9.96. The molecule has 5 rings (SSSR count). The van der Waals surface area contributed by atoms with E-state index in [4.69, 9.17) is 9.72 Å². The standard InChI is InChI=1S/C29H39N7O3/c1-29(2,3)39-28(38)36-12-8-20(9-13-36)27(37)33-26-15-21-14-24(30-16-22(21)17-31-26)23-18-32-34(4)25(23)19-35-10-6-5-7-11-35/h14-18,20H,5-13,19H2,1-4H3,(H,31,33,37). The molecule has 3 aromatic heterocycles. The molecule has 1 N–H and O–H groups in total. The number of piperidine rings is 2. The summed E-state index contributed by atoms with van der Waals surface area (Å²) in [6.07, 6.45) is 10.1. The van der Waals surface area contributed by atoms with Crippen LogP contribution in [0.15, 0.2) is 30.7 Å². The molecule has 208 valence electrons. The molecule has 39 heavy (non-hydrogen) atoms. The highest BCUT2D eigenvalue weighted by Crippen LogP contribution is 2.28. The van der Waals surface area contributed by atoms with Crippen molar-refractivity contribution in [2.75, 3.05) is 31.5 Å². The van der Waals surface area contributed by atoms with E-state index in [1.807, 2.05) is 57.0 Å². The number of anilines is 1. The van der Waals surface area contributed by atoms with E-state index in [-0.39, 0.29) is 17.9 Å². The number of fused-ring (bicyclic) bond motifs is 1. The van der Waals surface area contributed by atoms with Gasteiger partial charge in [0.1, 0.15) is 11.4 Å². The zero-order valence-corrected chi connectivity index (χ0v) is 23.4. The molecule has 2 saturated heterocycles. The fourth-order valence-corrected chi connectivity index (χ4v) is 5.33. The van der Waals surface area contributed by atoms with E-state index in [1.54, 1.807) is 11.1 Å². The zero-order valence-electron chi connectivity index (χ0n) is 23.4. The summed E-state index contributed by atoms with van der Waals surface area (Å²) in [5.74, 6) is 0.261. The largest absolute Gasteiger partial charge is 0.444 e. The van der Waals surface area contributed by atoms with Crippen molar-refractivity contribution in [3.05, 3.63) is 36.4 Å². The van der Waals surface area contributed by atoms with Crippen molar-refractivity contribution < 1.29 is 14.3 Å². The van der Waals surface area contributed by atoms with Crippen LogP contribution in [0.4, 0.5) is 10.6 Å². The van der Waals surface area contributed by atoms with E-state index in [9.17, 15) is 9.59 Å². The van der Waals surface area contributed by atoms with E-state index in [0.29, 0.717) is 31.7 Å². The summed E-state index contributed by atoms with van der Waals surface area (Å²) < 4.78 is 7.41. The predicted molar refractivity (Wildman–Crippen MR) is 150 cm³/mol. The quantitative estimate of drug-likeness (QED) is 0.511. The predicted octanol–water partition coefficient (Wildman–Crippen LogP) is 4.60. The van der Waals surface area contributed by atoms with Crippen molar-refractivity contribution >= 4 is 28.6 Å². The number of aryl methyl sites for hydroxylation is 1. The molecule has 0 aliphatic carbocycles. The maximum absolute atomic E-state index is 13.0. The van der Waals surface area contributed by atoms with Crippen LogP contribution < -0.4 is 5.32 Å². The Morgan fingerprint density at radius 1 is 0.974 bits per heavy atom. The molecule has 5 heterocycles. The first-order valence-electron chi connectivity index (χ1n) is 13.9. The van der Waals surface area contributed by atoms with Crippen molar-refractivity contribution in [3.63, 3.8) is 0 Å². The lowest BCUT2D eigenvalue weighted by molar-refractivity contribution is -0.121. The number of carbonyl (C=O) groups excluding carboxylic acids is 2. The molecule has 3 aromatic rings. The Hall–Kier alpha value is -3.53. The highest BCUT2D eigenvalue weighted by Gasteiger charge is 2.30. The van der Waals surface area contributed by atoms with Gasteiger partial charge in [0.25, 0.3) is 0 Å². The van der Waals surface area contributed by atoms with Crippen LogP contribution in [0.5, 0.6) is 0 Å². The molecule has 2 fully saturated rings. The summed E-state index contributed by atoms with van der Waals surface area (Å²) in [7, 11) is 1.99. The van der Waals surface area contributed by atoms with Gasteiger partial charge in [0.15, 0.2) is 0 Å². The van der Waals surface area contributed by atoms with E-state index >= 15 is 0 Å². The molecule has 0 atom stereocenters. The molecule has 2 aliphatic rings. The van der Waals surface area contributed by atoms with Crippen molar-refractivity contribution in [2.45, 2.75) is 65.0 Å². The minimum Gasteiger partial charge on any atom is -0.444 e. The van der Waals surface area contributed by atoms with Crippen LogP contribution in [0, 0.1) is 5.92 Å². The fraction of sp³-hybridized carbons (Fsp3) is 0.552. The number of hydrogen-bond donors (Lipinski definition) is 1. The number of nitrogens with one attached hydrogen (secondary N) is 1. The van der Waals surface area contributed by atoms with Gasteiger partial charge >= 0.3 is 6.09 Å². The van der Waals surface area contributed by atoms with Gasteiger partial charge in [0, 0.05) is 55.9 Å². The number of amides is 2. The van der Waals surface area contributed by atoms with Gasteiger partial charge in [-0.1, -0.05) is 6.42 Å². The van der Waals surface area contributed by atoms with E-state index < -0.39 is 5.60 Å². The first-order chi connectivity index (χ1) is 18.7. The molecule has 0 spiro atoms. The number of pyridine rings is 2. The third-order valence-electron chi connectivity index (χ3n) is 7.53. The number of aromatic nitrogens is 4. The number of ether oxygens (including phenoxy) is 1. The Kier molecular flexibility index (Phi) is 7.83. The zero-order chi connectivity index (χ0) is 27.6. The van der Waals surface area contributed by atoms with Crippen molar-refractivity contribution in [1.29, 1.82) is 0 Å². The SMILES string of the molecule is Cn1ncc(-c2cc3cc(NC(=O)C4CCN(C(=O)OC(C)(C)C)CC4)ncc3cn2)c1CN1CCCCC1. The highest BCUT2D eigenvalue weighted by atomic mass is 16.6. The highest BCUT2D eigenvalue weighted by molar-refractivity contribution is 5.94. The second-order valence-electron chi connectivity index (χ2n) is 11.7. The topological polar surface area (TPSA) is 105 Å². The Labute approximate surface area is 229 Å². The molecule has 2 amide bonds. The molecular formula is C29H39N7O3. The average molecular weight is 534 g/mol. The number of carbonyl (C=O) groups is 2. The third kappa shape index (κ3) is 6.55. The first-order valence-corrected chi connectivity index (χ1v) is 13.9. The summed E-state index contributed by atoms with van der Waals surface area (Å²) in [6.45, 7) is 9.64. The first kappa shape index (κ1) is 27.1. The molecule has 0 bridgehead atoms. The van der Waals surface area contributed by atoms with Gasteiger partial charge < -0.3 is 15.0 Å². The van der Waals surface area contributed by atoms with Crippen LogP contribution >= 0.6 is 0 Å². The van der Waals surface area contributed by atoms with E-state index in [2.05, 4.69) is 20.3 Å². The van der Waals surface area contributed by atoms with Gasteiger partial charge in [-0.05, 0) is 77.1 Å². The molecule has 0 radical (unpaired) electrons. The Bertz CT molecular complexity index is 1330. The minimum atomic E-state index is -0.533. The average Bonchev–Trinajstić information content (AvgIpc) is 3.27. The Morgan fingerprint density at radius 2 is 1.69 bits per heavy atom. The number of likely N-dealkylation sites (tertiary alicyclic amines) is 2. The van der Waals surface area contributed by atoms with Crippen LogP contribution in [0.1, 0.15) is 58.6 Å². The van der Waals surface area contributed by atoms with Crippen molar-refractivity contribution in [1.82, 2.24) is 29.5 Å². The lowest BCUT2D eigenvalue weighted by Gasteiger charge is -2.32. The maximum atomic E-state index is 13.0. The fourth-order valence-electron chi connectivity index (χ4n) is 5.33. The Morgan fingerprint density at radius 3 is 2.41 bits per heavy atom. The lowest BCUT2D eigenvalue weighted by Crippen LogP contribution is -2.43. The Balaban J connectivity index is 1.26. The van der Waals surface area contributed by atoms with E-state index in [1.165, 1.54) is 19.3 Å². The van der Waals surface area contributed by atoms with Crippen LogP contribution in [0.2, 0.25) is 0 Å². The molecule has 0 unspecified atom stereocenters. The monoisotopic (exact) mass is 533 g/mol. The molecule has 10 nitrogen and oxygen atoms in total. The van der Waals surface area contributed by atoms with Gasteiger partial charge in [-0.25, -0.2) is 9.78 Å². The summed E-state index contributed by atoms with van der Waals surface area (Å²) >= 11 is 0. The van der Waals surface area contributed by atoms with Crippen LogP contribution in [-0.2, 0) is 23.1 Å². The number of rotatable bonds is 5. The summed E-state index contributed by atoms with van der Waals surface area (Å²) in [4.78, 5) is 38.7. The van der Waals surface area contributed by atoms with E-state index in [0.717, 1.165) is 47.4 Å². The third-order valence-corrected chi connectivity index (χ3v) is 7.53. The van der Waals surface area contributed by atoms with Crippen LogP contribution in [-0.4, -0.2) is 73.3 Å². The van der Waals surface area contributed by atoms with Crippen LogP contribution in [0.3, 0.4) is 0 Å². The molecule has 2 aliphatic heterocycles. The summed E-state index contributed by atoms with van der Waals surface area (Å²) in [5.41, 5.74) is 2.52. The maximum Gasteiger partial charge on any atom is 0.410 e. The molecule has 10 heteroatoms. The van der Waals surface area contributed by atoms with Crippen molar-refractivity contribution in [2.24, 2.45) is 13.0 Å².